The quantitative estimate of drug-likeness (QED) is 0.761. The molecule has 1 aromatic heterocycles. The van der Waals surface area contributed by atoms with Gasteiger partial charge in [0.2, 0.25) is 0 Å². The first kappa shape index (κ1) is 11.3. The van der Waals surface area contributed by atoms with Crippen molar-refractivity contribution in [2.24, 2.45) is 5.41 Å². The van der Waals surface area contributed by atoms with Gasteiger partial charge in [0.05, 0.1) is 3.79 Å². The van der Waals surface area contributed by atoms with E-state index in [1.807, 2.05) is 0 Å². The normalized spacial score (nSPS) is 20.1. The van der Waals surface area contributed by atoms with E-state index >= 15 is 0 Å². The van der Waals surface area contributed by atoms with Crippen LogP contribution >= 0.6 is 27.3 Å². The minimum absolute atomic E-state index is 0.0676. The van der Waals surface area contributed by atoms with Crippen molar-refractivity contribution in [2.75, 3.05) is 0 Å². The van der Waals surface area contributed by atoms with Gasteiger partial charge in [-0.2, -0.15) is 0 Å². The van der Waals surface area contributed by atoms with Gasteiger partial charge in [0.15, 0.2) is 0 Å². The summed E-state index contributed by atoms with van der Waals surface area (Å²) >= 11 is 5.25. The SMILES string of the molecule is O=CC1(Cc2ccsc2Br)CCCCC1. The molecule has 82 valence electrons. The molecule has 0 amide bonds. The fourth-order valence-electron chi connectivity index (χ4n) is 2.42. The lowest BCUT2D eigenvalue weighted by atomic mass is 9.72. The second kappa shape index (κ2) is 4.79. The minimum atomic E-state index is -0.0676. The van der Waals surface area contributed by atoms with Crippen molar-refractivity contribution in [1.29, 1.82) is 0 Å². The van der Waals surface area contributed by atoms with Crippen molar-refractivity contribution in [2.45, 2.75) is 38.5 Å². The summed E-state index contributed by atoms with van der Waals surface area (Å²) in [6.45, 7) is 0. The maximum Gasteiger partial charge on any atom is 0.126 e. The van der Waals surface area contributed by atoms with Crippen LogP contribution in [-0.4, -0.2) is 6.29 Å². The lowest BCUT2D eigenvalue weighted by molar-refractivity contribution is -0.117. The third kappa shape index (κ3) is 2.51. The Morgan fingerprint density at radius 3 is 2.67 bits per heavy atom. The molecule has 0 atom stereocenters. The number of halogens is 1. The Morgan fingerprint density at radius 2 is 2.13 bits per heavy atom. The average molecular weight is 287 g/mol. The van der Waals surface area contributed by atoms with Crippen LogP contribution in [0.25, 0.3) is 0 Å². The Labute approximate surface area is 103 Å². The molecule has 1 saturated carbocycles. The van der Waals surface area contributed by atoms with E-state index in [1.54, 1.807) is 11.3 Å². The van der Waals surface area contributed by atoms with Crippen LogP contribution in [0.3, 0.4) is 0 Å². The number of hydrogen-bond donors (Lipinski definition) is 0. The average Bonchev–Trinajstić information content (AvgIpc) is 2.66. The summed E-state index contributed by atoms with van der Waals surface area (Å²) in [4.78, 5) is 11.3. The maximum atomic E-state index is 11.3. The topological polar surface area (TPSA) is 17.1 Å². The summed E-state index contributed by atoms with van der Waals surface area (Å²) in [6.07, 6.45) is 7.97. The highest BCUT2D eigenvalue weighted by molar-refractivity contribution is 9.11. The van der Waals surface area contributed by atoms with E-state index in [4.69, 9.17) is 0 Å². The first-order valence-corrected chi connectivity index (χ1v) is 7.11. The largest absolute Gasteiger partial charge is 0.303 e. The number of carbonyl (C=O) groups is 1. The van der Waals surface area contributed by atoms with Crippen LogP contribution in [0.2, 0.25) is 0 Å². The lowest BCUT2D eigenvalue weighted by Crippen LogP contribution is -2.28. The summed E-state index contributed by atoms with van der Waals surface area (Å²) in [5.41, 5.74) is 1.23. The zero-order valence-electron chi connectivity index (χ0n) is 8.67. The maximum absolute atomic E-state index is 11.3. The molecule has 0 unspecified atom stereocenters. The molecule has 1 nitrogen and oxygen atoms in total. The minimum Gasteiger partial charge on any atom is -0.303 e. The van der Waals surface area contributed by atoms with E-state index in [0.717, 1.165) is 19.3 Å². The summed E-state index contributed by atoms with van der Waals surface area (Å²) in [5.74, 6) is 0. The highest BCUT2D eigenvalue weighted by atomic mass is 79.9. The molecule has 1 aliphatic carbocycles. The molecule has 0 bridgehead atoms. The van der Waals surface area contributed by atoms with Gasteiger partial charge in [-0.3, -0.25) is 0 Å². The van der Waals surface area contributed by atoms with Crippen molar-refractivity contribution in [3.8, 4) is 0 Å². The van der Waals surface area contributed by atoms with E-state index in [-0.39, 0.29) is 5.41 Å². The Morgan fingerprint density at radius 1 is 1.40 bits per heavy atom. The Hall–Kier alpha value is -0.150. The molecule has 0 saturated heterocycles. The van der Waals surface area contributed by atoms with Gasteiger partial charge in [-0.15, -0.1) is 11.3 Å². The van der Waals surface area contributed by atoms with Crippen molar-refractivity contribution in [1.82, 2.24) is 0 Å². The molecule has 1 aliphatic rings. The molecule has 2 rings (SSSR count). The molecule has 3 heteroatoms. The Kier molecular flexibility index (Phi) is 3.62. The van der Waals surface area contributed by atoms with Crippen molar-refractivity contribution >= 4 is 33.6 Å². The van der Waals surface area contributed by atoms with Crippen LogP contribution in [-0.2, 0) is 11.2 Å². The highest BCUT2D eigenvalue weighted by Gasteiger charge is 2.32. The molecule has 1 heterocycles. The van der Waals surface area contributed by atoms with Crippen molar-refractivity contribution < 1.29 is 4.79 Å². The van der Waals surface area contributed by atoms with Crippen molar-refractivity contribution in [3.63, 3.8) is 0 Å². The fourth-order valence-corrected chi connectivity index (χ4v) is 3.66. The summed E-state index contributed by atoms with van der Waals surface area (Å²) in [5, 5.41) is 2.08. The monoisotopic (exact) mass is 286 g/mol. The molecule has 0 aliphatic heterocycles. The summed E-state index contributed by atoms with van der Waals surface area (Å²) in [7, 11) is 0. The number of carbonyl (C=O) groups excluding carboxylic acids is 1. The number of aldehydes is 1. The molecule has 0 radical (unpaired) electrons. The van der Waals surface area contributed by atoms with Gasteiger partial charge >= 0.3 is 0 Å². The van der Waals surface area contributed by atoms with E-state index in [9.17, 15) is 4.79 Å². The molecule has 1 fully saturated rings. The third-order valence-corrected chi connectivity index (χ3v) is 5.15. The van der Waals surface area contributed by atoms with E-state index < -0.39 is 0 Å². The first-order valence-electron chi connectivity index (χ1n) is 5.44. The molecule has 0 spiro atoms. The molecule has 15 heavy (non-hydrogen) atoms. The second-order valence-corrected chi connectivity index (χ2v) is 6.67. The lowest BCUT2D eigenvalue weighted by Gasteiger charge is -2.31. The van der Waals surface area contributed by atoms with Gasteiger partial charge in [0.1, 0.15) is 6.29 Å². The smallest absolute Gasteiger partial charge is 0.126 e. The van der Waals surface area contributed by atoms with Crippen LogP contribution in [0.1, 0.15) is 37.7 Å². The standard InChI is InChI=1S/C12H15BrOS/c13-11-10(4-7-15-11)8-12(9-14)5-2-1-3-6-12/h4,7,9H,1-3,5-6,8H2. The molecule has 0 aromatic carbocycles. The predicted octanol–water partition coefficient (Wildman–Crippen LogP) is 4.20. The van der Waals surface area contributed by atoms with Gasteiger partial charge in [-0.05, 0) is 52.2 Å². The van der Waals surface area contributed by atoms with Crippen LogP contribution in [0.4, 0.5) is 0 Å². The Bertz CT molecular complexity index is 339. The predicted molar refractivity (Wildman–Crippen MR) is 67.3 cm³/mol. The third-order valence-electron chi connectivity index (χ3n) is 3.34. The zero-order chi connectivity index (χ0) is 10.7. The van der Waals surface area contributed by atoms with Gasteiger partial charge in [-0.25, -0.2) is 0 Å². The number of thiophene rings is 1. The molecule has 1 aromatic rings. The highest BCUT2D eigenvalue weighted by Crippen LogP contribution is 2.39. The number of hydrogen-bond acceptors (Lipinski definition) is 2. The van der Waals surface area contributed by atoms with Crippen LogP contribution in [0.15, 0.2) is 15.2 Å². The van der Waals surface area contributed by atoms with Crippen LogP contribution in [0.5, 0.6) is 0 Å². The fraction of sp³-hybridized carbons (Fsp3) is 0.583. The van der Waals surface area contributed by atoms with Gasteiger partial charge in [0.25, 0.3) is 0 Å². The van der Waals surface area contributed by atoms with Crippen LogP contribution in [0, 0.1) is 5.41 Å². The first-order chi connectivity index (χ1) is 7.26. The zero-order valence-corrected chi connectivity index (χ0v) is 11.1. The van der Waals surface area contributed by atoms with E-state index in [2.05, 4.69) is 27.4 Å². The van der Waals surface area contributed by atoms with Crippen molar-refractivity contribution in [3.05, 3.63) is 20.8 Å². The van der Waals surface area contributed by atoms with E-state index in [0.29, 0.717) is 0 Å². The molecular weight excluding hydrogens is 272 g/mol. The Balaban J connectivity index is 2.13. The van der Waals surface area contributed by atoms with Gasteiger partial charge in [-0.1, -0.05) is 19.3 Å². The molecule has 0 N–H and O–H groups in total. The van der Waals surface area contributed by atoms with Gasteiger partial charge in [0, 0.05) is 5.41 Å². The van der Waals surface area contributed by atoms with Crippen LogP contribution < -0.4 is 0 Å². The number of rotatable bonds is 3. The summed E-state index contributed by atoms with van der Waals surface area (Å²) < 4.78 is 1.19. The second-order valence-electron chi connectivity index (χ2n) is 4.44. The summed E-state index contributed by atoms with van der Waals surface area (Å²) in [6, 6.07) is 2.13. The van der Waals surface area contributed by atoms with E-state index in [1.165, 1.54) is 34.9 Å². The molecular formula is C12H15BrOS. The van der Waals surface area contributed by atoms with Gasteiger partial charge < -0.3 is 4.79 Å².